The maximum atomic E-state index is 10.4. The van der Waals surface area contributed by atoms with Crippen molar-refractivity contribution in [3.63, 3.8) is 0 Å². The van der Waals surface area contributed by atoms with Gasteiger partial charge in [0, 0.05) is 36.2 Å². The first-order valence-electron chi connectivity index (χ1n) is 24.5. The Labute approximate surface area is 416 Å². The molecule has 13 heteroatoms. The van der Waals surface area contributed by atoms with Gasteiger partial charge in [-0.2, -0.15) is 0 Å². The van der Waals surface area contributed by atoms with Crippen LogP contribution in [0, 0.1) is 18.3 Å². The summed E-state index contributed by atoms with van der Waals surface area (Å²) in [6.45, 7) is 17.9. The fourth-order valence-electron chi connectivity index (χ4n) is 11.3. The molecule has 4 heterocycles. The predicted octanol–water partition coefficient (Wildman–Crippen LogP) is 11.5. The van der Waals surface area contributed by atoms with Crippen LogP contribution in [0.15, 0.2) is 155 Å². The van der Waals surface area contributed by atoms with Gasteiger partial charge >= 0.3 is 0 Å². The Balaban J connectivity index is 1.22. The van der Waals surface area contributed by atoms with Crippen LogP contribution in [0.25, 0.3) is 54.6 Å². The predicted molar refractivity (Wildman–Crippen MR) is 293 cm³/mol. The third-order valence-corrected chi connectivity index (χ3v) is 18.5. The standard InChI is InChI=1S/C57H55ClN7O2Si3/c1-33-26-46(53-55(63-69(4,5)61-53)48(33)50-41-18-12-10-16-36(41)28-37-17-11-13-19-42(37)50)65(45-30-44(40-23-25-67-32-40)51(58)57(52(45)59)60-68(2)3)47-29-43(39-22-24-66-31-39)49(56-54(47)62-70(6,7)64-56)38-21-20-34-14-8-9-15-35(34)27-38/h8-21,26-30,39-40,59H,22-25,31-32H2,1-7H3/b59-52?,60-57-. The Morgan fingerprint density at radius 1 is 0.643 bits per heavy atom. The average Bonchev–Trinajstić information content (AvgIpc) is 4.18. The first kappa shape index (κ1) is 45.2. The van der Waals surface area contributed by atoms with E-state index < -0.39 is 25.8 Å². The van der Waals surface area contributed by atoms with Crippen LogP contribution in [0.3, 0.4) is 0 Å². The molecule has 2 atom stereocenters. The molecule has 5 aliphatic rings. The van der Waals surface area contributed by atoms with Crippen LogP contribution in [-0.4, -0.2) is 63.6 Å². The van der Waals surface area contributed by atoms with Gasteiger partial charge in [0.05, 0.1) is 62.5 Å². The second-order valence-corrected chi connectivity index (χ2v) is 29.9. The van der Waals surface area contributed by atoms with E-state index in [0.717, 1.165) is 79.0 Å². The molecular formula is C57H55ClN7O2Si3. The van der Waals surface area contributed by atoms with Crippen molar-refractivity contribution in [2.45, 2.75) is 65.0 Å². The smallest absolute Gasteiger partial charge is 0.298 e. The van der Waals surface area contributed by atoms with Crippen LogP contribution in [0.2, 0.25) is 39.3 Å². The maximum absolute atomic E-state index is 10.4. The minimum atomic E-state index is -2.61. The molecule has 12 rings (SSSR count). The van der Waals surface area contributed by atoms with Crippen LogP contribution < -0.4 is 26.3 Å². The molecule has 7 aromatic rings. The van der Waals surface area contributed by atoms with Crippen LogP contribution in [-0.2, 0) is 9.47 Å². The van der Waals surface area contributed by atoms with Crippen molar-refractivity contribution in [1.29, 1.82) is 5.41 Å². The average molecular weight is 990 g/mol. The molecular weight excluding hydrogens is 934 g/mol. The number of halogens is 1. The molecule has 0 aromatic heterocycles. The highest BCUT2D eigenvalue weighted by molar-refractivity contribution is 6.74. The summed E-state index contributed by atoms with van der Waals surface area (Å²) in [4.78, 5) is 2.29. The number of nitrogens with one attached hydrogen (secondary N) is 1. The van der Waals surface area contributed by atoms with E-state index in [0.29, 0.717) is 42.9 Å². The molecule has 2 fully saturated rings. The maximum Gasteiger partial charge on any atom is 0.298 e. The van der Waals surface area contributed by atoms with Gasteiger partial charge in [-0.05, 0) is 136 Å². The highest BCUT2D eigenvalue weighted by Crippen LogP contribution is 2.43. The molecule has 1 radical (unpaired) electrons. The summed E-state index contributed by atoms with van der Waals surface area (Å²) in [6.07, 6.45) is 3.86. The zero-order chi connectivity index (χ0) is 48.2. The summed E-state index contributed by atoms with van der Waals surface area (Å²) in [5.41, 5.74) is 10.9. The van der Waals surface area contributed by atoms with Crippen LogP contribution in [0.1, 0.15) is 29.9 Å². The lowest BCUT2D eigenvalue weighted by molar-refractivity contribution is 0.190. The minimum Gasteiger partial charge on any atom is -0.381 e. The van der Waals surface area contributed by atoms with E-state index >= 15 is 0 Å². The lowest BCUT2D eigenvalue weighted by Gasteiger charge is -2.33. The van der Waals surface area contributed by atoms with Crippen LogP contribution >= 0.6 is 11.6 Å². The van der Waals surface area contributed by atoms with Gasteiger partial charge in [0.1, 0.15) is 5.71 Å². The number of hydrogen-bond acceptors (Lipinski definition) is 9. The number of hydrogen-bond donors (Lipinski definition) is 1. The first-order chi connectivity index (χ1) is 33.7. The SMILES string of the molecule is Cc1cc(N(C2=CC(C3CCOC3)=C(Cl)/C(=N/[Si](C)C)C2=N)c2cc(C3CCOC3)c(-c3ccc4ccccc4c3)c3c2=N[Si](C)(C)N=3)c2c(c1-c1c3ccccc3cc3ccccc13)=N[Si](C)(C)N=2. The number of anilines is 2. The molecule has 0 amide bonds. The van der Waals surface area contributed by atoms with Crippen LogP contribution in [0.4, 0.5) is 11.4 Å². The van der Waals surface area contributed by atoms with Crippen molar-refractivity contribution >= 4 is 92.5 Å². The van der Waals surface area contributed by atoms with E-state index in [1.165, 1.54) is 37.9 Å². The van der Waals surface area contributed by atoms with Gasteiger partial charge in [0.2, 0.25) is 0 Å². The van der Waals surface area contributed by atoms with Crippen molar-refractivity contribution in [2.24, 2.45) is 29.2 Å². The Morgan fingerprint density at radius 3 is 1.81 bits per heavy atom. The summed E-state index contributed by atoms with van der Waals surface area (Å²) in [5, 5.41) is 21.4. The quantitative estimate of drug-likeness (QED) is 0.0931. The lowest BCUT2D eigenvalue weighted by Crippen LogP contribution is -2.41. The fourth-order valence-corrected chi connectivity index (χ4v) is 15.6. The second kappa shape index (κ2) is 17.1. The van der Waals surface area contributed by atoms with Gasteiger partial charge in [-0.1, -0.05) is 110 Å². The number of ether oxygens (including phenoxy) is 2. The highest BCUT2D eigenvalue weighted by atomic mass is 35.5. The van der Waals surface area contributed by atoms with Crippen molar-refractivity contribution in [3.05, 3.63) is 164 Å². The number of benzene rings is 7. The van der Waals surface area contributed by atoms with E-state index in [1.54, 1.807) is 0 Å². The molecule has 0 spiro atoms. The highest BCUT2D eigenvalue weighted by Gasteiger charge is 2.39. The number of aryl methyl sites for hydroxylation is 1. The summed E-state index contributed by atoms with van der Waals surface area (Å²) < 4.78 is 40.3. The van der Waals surface area contributed by atoms with Crippen molar-refractivity contribution < 1.29 is 9.47 Å². The van der Waals surface area contributed by atoms with Crippen LogP contribution in [0.5, 0.6) is 0 Å². The van der Waals surface area contributed by atoms with Crippen molar-refractivity contribution in [3.8, 4) is 22.3 Å². The van der Waals surface area contributed by atoms with Gasteiger partial charge in [0.15, 0.2) is 8.96 Å². The fraction of sp³-hybridized carbons (Fsp3) is 0.263. The molecule has 349 valence electrons. The monoisotopic (exact) mass is 988 g/mol. The van der Waals surface area contributed by atoms with Crippen molar-refractivity contribution in [2.75, 3.05) is 31.3 Å². The topological polar surface area (TPSA) is 107 Å². The summed E-state index contributed by atoms with van der Waals surface area (Å²) in [6, 6.07) is 39.7. The summed E-state index contributed by atoms with van der Waals surface area (Å²) >= 11 is 7.48. The van der Waals surface area contributed by atoms with Gasteiger partial charge in [0.25, 0.3) is 16.8 Å². The third kappa shape index (κ3) is 7.62. The Morgan fingerprint density at radius 2 is 1.20 bits per heavy atom. The van der Waals surface area contributed by atoms with E-state index in [9.17, 15) is 5.41 Å². The molecule has 1 N–H and O–H groups in total. The number of fused-ring (bicyclic) bond motifs is 5. The van der Waals surface area contributed by atoms with E-state index in [4.69, 9.17) is 44.4 Å². The summed E-state index contributed by atoms with van der Waals surface area (Å²) in [7, 11) is -6.44. The van der Waals surface area contributed by atoms with Gasteiger partial charge in [-0.25, -0.2) is 0 Å². The largest absolute Gasteiger partial charge is 0.381 e. The Kier molecular flexibility index (Phi) is 11.0. The molecule has 0 bridgehead atoms. The number of rotatable bonds is 8. The van der Waals surface area contributed by atoms with E-state index in [1.807, 2.05) is 0 Å². The summed E-state index contributed by atoms with van der Waals surface area (Å²) in [5.74, 6) is 0.155. The zero-order valence-corrected chi connectivity index (χ0v) is 44.5. The first-order valence-corrected chi connectivity index (χ1v) is 33.1. The molecule has 0 saturated carbocycles. The lowest BCUT2D eigenvalue weighted by atomic mass is 9.86. The molecule has 2 unspecified atom stereocenters. The second-order valence-electron chi connectivity index (χ2n) is 20.6. The molecule has 70 heavy (non-hydrogen) atoms. The van der Waals surface area contributed by atoms with Gasteiger partial charge in [-0.3, -0.25) is 24.0 Å². The number of allylic oxidation sites excluding steroid dienone is 3. The van der Waals surface area contributed by atoms with Gasteiger partial charge < -0.3 is 19.0 Å². The Hall–Kier alpha value is -6.00. The molecule has 7 aromatic carbocycles. The third-order valence-electron chi connectivity index (χ3n) is 14.4. The molecule has 9 nitrogen and oxygen atoms in total. The van der Waals surface area contributed by atoms with Gasteiger partial charge in [-0.15, -0.1) is 0 Å². The minimum absolute atomic E-state index is 0.0470. The zero-order valence-electron chi connectivity index (χ0n) is 40.7. The van der Waals surface area contributed by atoms with E-state index in [2.05, 4.69) is 166 Å². The molecule has 1 aliphatic carbocycles. The number of nitrogens with zero attached hydrogens (tertiary/aromatic N) is 6. The Bertz CT molecular complexity index is 3740. The van der Waals surface area contributed by atoms with E-state index in [-0.39, 0.29) is 17.5 Å². The normalized spacial score (nSPS) is 20.7. The molecule has 2 saturated heterocycles. The molecule has 4 aliphatic heterocycles. The van der Waals surface area contributed by atoms with Crippen molar-refractivity contribution in [1.82, 2.24) is 0 Å².